The number of esters is 1. The molecular formula is C14H17N3O3S. The predicted octanol–water partition coefficient (Wildman–Crippen LogP) is 0.883. The molecule has 1 aliphatic rings. The van der Waals surface area contributed by atoms with Gasteiger partial charge in [-0.3, -0.25) is 9.78 Å². The highest BCUT2D eigenvalue weighted by atomic mass is 32.1. The molecule has 6 nitrogen and oxygen atoms in total. The summed E-state index contributed by atoms with van der Waals surface area (Å²) in [5, 5.41) is 0. The number of carbonyl (C=O) groups is 2. The van der Waals surface area contributed by atoms with Crippen molar-refractivity contribution in [3.8, 4) is 0 Å². The summed E-state index contributed by atoms with van der Waals surface area (Å²) in [5.41, 5.74) is 6.36. The average Bonchev–Trinajstić information content (AvgIpc) is 2.96. The van der Waals surface area contributed by atoms with Gasteiger partial charge in [0.2, 0.25) is 0 Å². The van der Waals surface area contributed by atoms with Gasteiger partial charge >= 0.3 is 5.97 Å². The normalized spacial score (nSPS) is 17.6. The number of nitrogens with two attached hydrogens (primary N) is 1. The van der Waals surface area contributed by atoms with Crippen molar-refractivity contribution in [2.45, 2.75) is 25.8 Å². The lowest BCUT2D eigenvalue weighted by molar-refractivity contribution is -0.147. The number of aromatic nitrogens is 1. The van der Waals surface area contributed by atoms with Gasteiger partial charge in [-0.05, 0) is 31.9 Å². The molecule has 0 bridgehead atoms. The number of pyridine rings is 1. The Balaban J connectivity index is 2.14. The summed E-state index contributed by atoms with van der Waals surface area (Å²) in [7, 11) is 0. The molecular weight excluding hydrogens is 290 g/mol. The average molecular weight is 307 g/mol. The molecule has 1 saturated heterocycles. The van der Waals surface area contributed by atoms with Crippen LogP contribution in [0.15, 0.2) is 18.3 Å². The number of carbonyl (C=O) groups excluding carboxylic acids is 2. The number of nitrogens with zero attached hydrogens (tertiary/aromatic N) is 2. The maximum absolute atomic E-state index is 12.4. The number of amides is 1. The Morgan fingerprint density at radius 2 is 2.29 bits per heavy atom. The number of rotatable bonds is 4. The second-order valence-corrected chi connectivity index (χ2v) is 5.14. The highest BCUT2D eigenvalue weighted by Gasteiger charge is 2.35. The first-order chi connectivity index (χ1) is 10.0. The van der Waals surface area contributed by atoms with Gasteiger partial charge in [-0.1, -0.05) is 12.2 Å². The topological polar surface area (TPSA) is 85.5 Å². The fourth-order valence-corrected chi connectivity index (χ4v) is 2.43. The van der Waals surface area contributed by atoms with E-state index in [9.17, 15) is 9.59 Å². The molecule has 2 rings (SSSR count). The van der Waals surface area contributed by atoms with Crippen LogP contribution >= 0.6 is 12.2 Å². The minimum Gasteiger partial charge on any atom is -0.464 e. The molecule has 112 valence electrons. The lowest BCUT2D eigenvalue weighted by atomic mass is 10.2. The maximum Gasteiger partial charge on any atom is 0.328 e. The van der Waals surface area contributed by atoms with E-state index < -0.39 is 6.04 Å². The van der Waals surface area contributed by atoms with E-state index in [1.54, 1.807) is 19.1 Å². The second-order valence-electron chi connectivity index (χ2n) is 4.70. The highest BCUT2D eigenvalue weighted by molar-refractivity contribution is 7.80. The van der Waals surface area contributed by atoms with Crippen LogP contribution in [0.2, 0.25) is 0 Å². The largest absolute Gasteiger partial charge is 0.464 e. The second kappa shape index (κ2) is 6.62. The molecule has 0 spiro atoms. The molecule has 0 aliphatic carbocycles. The van der Waals surface area contributed by atoms with Gasteiger partial charge in [0.1, 0.15) is 16.7 Å². The lowest BCUT2D eigenvalue weighted by Crippen LogP contribution is -2.41. The molecule has 1 fully saturated rings. The summed E-state index contributed by atoms with van der Waals surface area (Å²) in [6, 6.07) is 2.70. The molecule has 1 amide bonds. The third kappa shape index (κ3) is 3.36. The lowest BCUT2D eigenvalue weighted by Gasteiger charge is -2.22. The Bertz CT molecular complexity index is 559. The molecule has 1 aliphatic heterocycles. The fraction of sp³-hybridized carbons (Fsp3) is 0.429. The standard InChI is InChI=1S/C14H17N3O3S/c1-2-20-14(19)11-4-3-7-17(11)13(18)10-6-5-9(8-16-10)12(15)21/h5-6,8,11H,2-4,7H2,1H3,(H2,15,21). The molecule has 2 heterocycles. The van der Waals surface area contributed by atoms with E-state index >= 15 is 0 Å². The zero-order valence-electron chi connectivity index (χ0n) is 11.7. The van der Waals surface area contributed by atoms with E-state index in [1.165, 1.54) is 11.1 Å². The van der Waals surface area contributed by atoms with E-state index in [2.05, 4.69) is 4.98 Å². The smallest absolute Gasteiger partial charge is 0.328 e. The molecule has 0 saturated carbocycles. The van der Waals surface area contributed by atoms with Gasteiger partial charge in [-0.15, -0.1) is 0 Å². The van der Waals surface area contributed by atoms with Crippen LogP contribution in [0.5, 0.6) is 0 Å². The van der Waals surface area contributed by atoms with Crippen molar-refractivity contribution >= 4 is 29.1 Å². The molecule has 0 radical (unpaired) electrons. The van der Waals surface area contributed by atoms with Crippen LogP contribution in [0.1, 0.15) is 35.8 Å². The van der Waals surface area contributed by atoms with E-state index in [0.717, 1.165) is 6.42 Å². The quantitative estimate of drug-likeness (QED) is 0.656. The van der Waals surface area contributed by atoms with Gasteiger partial charge < -0.3 is 15.4 Å². The zero-order chi connectivity index (χ0) is 15.4. The van der Waals surface area contributed by atoms with Crippen LogP contribution in [0.3, 0.4) is 0 Å². The van der Waals surface area contributed by atoms with Crippen molar-refractivity contribution in [2.24, 2.45) is 5.73 Å². The van der Waals surface area contributed by atoms with E-state index in [0.29, 0.717) is 25.1 Å². The monoisotopic (exact) mass is 307 g/mol. The van der Waals surface area contributed by atoms with Gasteiger partial charge in [0.05, 0.1) is 6.61 Å². The third-order valence-electron chi connectivity index (χ3n) is 3.34. The first-order valence-electron chi connectivity index (χ1n) is 6.78. The first-order valence-corrected chi connectivity index (χ1v) is 7.19. The van der Waals surface area contributed by atoms with Gasteiger partial charge in [-0.25, -0.2) is 4.79 Å². The molecule has 7 heteroatoms. The van der Waals surface area contributed by atoms with Crippen molar-refractivity contribution in [1.82, 2.24) is 9.88 Å². The van der Waals surface area contributed by atoms with Crippen LogP contribution < -0.4 is 5.73 Å². The Morgan fingerprint density at radius 1 is 1.52 bits per heavy atom. The summed E-state index contributed by atoms with van der Waals surface area (Å²) in [5.74, 6) is -0.636. The Labute approximate surface area is 128 Å². The van der Waals surface area contributed by atoms with Crippen LogP contribution in [-0.2, 0) is 9.53 Å². The number of likely N-dealkylation sites (tertiary alicyclic amines) is 1. The van der Waals surface area contributed by atoms with E-state index in [1.807, 2.05) is 0 Å². The predicted molar refractivity (Wildman–Crippen MR) is 80.8 cm³/mol. The van der Waals surface area contributed by atoms with Gasteiger partial charge in [0.25, 0.3) is 5.91 Å². The molecule has 21 heavy (non-hydrogen) atoms. The van der Waals surface area contributed by atoms with Crippen LogP contribution in [-0.4, -0.2) is 45.9 Å². The van der Waals surface area contributed by atoms with Crippen molar-refractivity contribution in [3.05, 3.63) is 29.6 Å². The van der Waals surface area contributed by atoms with Gasteiger partial charge in [-0.2, -0.15) is 0 Å². The number of ether oxygens (including phenoxy) is 1. The van der Waals surface area contributed by atoms with Crippen molar-refractivity contribution < 1.29 is 14.3 Å². The summed E-state index contributed by atoms with van der Waals surface area (Å²) >= 11 is 4.84. The Hall–Kier alpha value is -2.02. The fourth-order valence-electron chi connectivity index (χ4n) is 2.31. The third-order valence-corrected chi connectivity index (χ3v) is 3.58. The maximum atomic E-state index is 12.4. The molecule has 1 unspecified atom stereocenters. The van der Waals surface area contributed by atoms with Gasteiger partial charge in [0, 0.05) is 18.3 Å². The van der Waals surface area contributed by atoms with Crippen molar-refractivity contribution in [1.29, 1.82) is 0 Å². The first kappa shape index (κ1) is 15.4. The van der Waals surface area contributed by atoms with E-state index in [-0.39, 0.29) is 22.6 Å². The summed E-state index contributed by atoms with van der Waals surface area (Å²) < 4.78 is 5.01. The molecule has 1 atom stereocenters. The molecule has 2 N–H and O–H groups in total. The summed E-state index contributed by atoms with van der Waals surface area (Å²) in [6.07, 6.45) is 2.86. The van der Waals surface area contributed by atoms with Crippen LogP contribution in [0.4, 0.5) is 0 Å². The Morgan fingerprint density at radius 3 is 2.86 bits per heavy atom. The van der Waals surface area contributed by atoms with Crippen molar-refractivity contribution in [2.75, 3.05) is 13.2 Å². The number of hydrogen-bond acceptors (Lipinski definition) is 5. The molecule has 1 aromatic rings. The SMILES string of the molecule is CCOC(=O)C1CCCN1C(=O)c1ccc(C(N)=S)cn1. The minimum absolute atomic E-state index is 0.229. The Kier molecular flexibility index (Phi) is 4.85. The molecule has 1 aromatic heterocycles. The summed E-state index contributed by atoms with van der Waals surface area (Å²) in [4.78, 5) is 30.1. The van der Waals surface area contributed by atoms with E-state index in [4.69, 9.17) is 22.7 Å². The van der Waals surface area contributed by atoms with Crippen LogP contribution in [0, 0.1) is 0 Å². The number of thiocarbonyl (C=S) groups is 1. The highest BCUT2D eigenvalue weighted by Crippen LogP contribution is 2.20. The molecule has 0 aromatic carbocycles. The van der Waals surface area contributed by atoms with Gasteiger partial charge in [0.15, 0.2) is 0 Å². The minimum atomic E-state index is -0.519. The zero-order valence-corrected chi connectivity index (χ0v) is 12.6. The summed E-state index contributed by atoms with van der Waals surface area (Å²) in [6.45, 7) is 2.58. The van der Waals surface area contributed by atoms with Crippen LogP contribution in [0.25, 0.3) is 0 Å². The van der Waals surface area contributed by atoms with Crippen molar-refractivity contribution in [3.63, 3.8) is 0 Å². The number of hydrogen-bond donors (Lipinski definition) is 1.